The van der Waals surface area contributed by atoms with Crippen molar-refractivity contribution in [3.05, 3.63) is 169 Å². The number of aromatic nitrogens is 3. The lowest BCUT2D eigenvalue weighted by Crippen LogP contribution is -2.07. The van der Waals surface area contributed by atoms with Crippen LogP contribution in [0.15, 0.2) is 167 Å². The SMILES string of the molecule is [C-]#[N+]c1cccc(-c2ccnc(-n3c4ccccc4c4c5oc6ccccc6c5ccc43)c2-n2c3ccccc3c3c4oc5ccccc5c4ccc32)c1. The van der Waals surface area contributed by atoms with Crippen LogP contribution in [-0.4, -0.2) is 14.1 Å². The maximum absolute atomic E-state index is 7.86. The number of rotatable bonds is 3. The Bertz CT molecular complexity index is 3590. The molecule has 0 aliphatic rings. The second-order valence-electron chi connectivity index (χ2n) is 13.8. The van der Waals surface area contributed by atoms with Crippen molar-refractivity contribution in [2.75, 3.05) is 0 Å². The molecule has 0 atom stereocenters. The minimum Gasteiger partial charge on any atom is -0.455 e. The van der Waals surface area contributed by atoms with Crippen LogP contribution in [-0.2, 0) is 0 Å². The first-order valence-electron chi connectivity index (χ1n) is 17.9. The maximum atomic E-state index is 7.86. The molecule has 0 saturated heterocycles. The van der Waals surface area contributed by atoms with E-state index < -0.39 is 0 Å². The van der Waals surface area contributed by atoms with Crippen molar-refractivity contribution in [3.8, 4) is 22.6 Å². The molecule has 7 aromatic carbocycles. The minimum absolute atomic E-state index is 0.576. The number of para-hydroxylation sites is 4. The van der Waals surface area contributed by atoms with E-state index in [4.69, 9.17) is 20.4 Å². The zero-order chi connectivity index (χ0) is 35.5. The molecule has 0 unspecified atom stereocenters. The second kappa shape index (κ2) is 10.7. The zero-order valence-corrected chi connectivity index (χ0v) is 28.6. The van der Waals surface area contributed by atoms with Crippen molar-refractivity contribution < 1.29 is 8.83 Å². The van der Waals surface area contributed by atoms with Crippen LogP contribution in [0.1, 0.15) is 0 Å². The highest BCUT2D eigenvalue weighted by Gasteiger charge is 2.26. The predicted octanol–water partition coefficient (Wildman–Crippen LogP) is 13.3. The summed E-state index contributed by atoms with van der Waals surface area (Å²) in [6.07, 6.45) is 1.88. The lowest BCUT2D eigenvalue weighted by molar-refractivity contribution is 0.672. The molecule has 0 aliphatic carbocycles. The van der Waals surface area contributed by atoms with Gasteiger partial charge in [0.05, 0.1) is 45.1 Å². The molecule has 5 heterocycles. The summed E-state index contributed by atoms with van der Waals surface area (Å²) < 4.78 is 17.9. The molecular weight excluding hydrogens is 665 g/mol. The number of benzene rings is 7. The van der Waals surface area contributed by atoms with Gasteiger partial charge in [-0.1, -0.05) is 91.0 Å². The Morgan fingerprint density at radius 3 is 1.67 bits per heavy atom. The van der Waals surface area contributed by atoms with Crippen LogP contribution in [0.2, 0.25) is 0 Å². The first-order chi connectivity index (χ1) is 26.8. The van der Waals surface area contributed by atoms with Gasteiger partial charge in [-0.15, -0.1) is 0 Å². The Labute approximate surface area is 307 Å². The molecule has 6 heteroatoms. The summed E-state index contributed by atoms with van der Waals surface area (Å²) in [4.78, 5) is 9.07. The van der Waals surface area contributed by atoms with Gasteiger partial charge in [0.25, 0.3) is 0 Å². The van der Waals surface area contributed by atoms with E-state index in [1.807, 2.05) is 48.7 Å². The average molecular weight is 691 g/mol. The number of fused-ring (bicyclic) bond motifs is 14. The third kappa shape index (κ3) is 3.79. The summed E-state index contributed by atoms with van der Waals surface area (Å²) in [5.74, 6) is 0.759. The van der Waals surface area contributed by atoms with Crippen LogP contribution in [0.4, 0.5) is 5.69 Å². The fourth-order valence-corrected chi connectivity index (χ4v) is 8.74. The first-order valence-corrected chi connectivity index (χ1v) is 17.9. The Balaban J connectivity index is 1.28. The Morgan fingerprint density at radius 2 is 1.04 bits per heavy atom. The Hall–Kier alpha value is -7.62. The van der Waals surface area contributed by atoms with Gasteiger partial charge in [0, 0.05) is 44.1 Å². The van der Waals surface area contributed by atoms with E-state index in [0.29, 0.717) is 5.69 Å². The fourth-order valence-electron chi connectivity index (χ4n) is 8.74. The molecule has 0 saturated carbocycles. The first kappa shape index (κ1) is 29.0. The molecule has 12 aromatic rings. The fraction of sp³-hybridized carbons (Fsp3) is 0. The number of nitrogens with zero attached hydrogens (tertiary/aromatic N) is 4. The van der Waals surface area contributed by atoms with Gasteiger partial charge in [0.2, 0.25) is 0 Å². The molecule has 0 aliphatic heterocycles. The van der Waals surface area contributed by atoms with Gasteiger partial charge in [0.1, 0.15) is 22.3 Å². The smallest absolute Gasteiger partial charge is 0.187 e. The van der Waals surface area contributed by atoms with Gasteiger partial charge in [-0.25, -0.2) is 9.83 Å². The third-order valence-corrected chi connectivity index (χ3v) is 11.0. The van der Waals surface area contributed by atoms with Crippen LogP contribution >= 0.6 is 0 Å². The quantitative estimate of drug-likeness (QED) is 0.173. The van der Waals surface area contributed by atoms with Crippen molar-refractivity contribution in [2.24, 2.45) is 0 Å². The van der Waals surface area contributed by atoms with E-state index in [0.717, 1.165) is 110 Å². The number of hydrogen-bond acceptors (Lipinski definition) is 3. The van der Waals surface area contributed by atoms with Crippen molar-refractivity contribution in [1.29, 1.82) is 0 Å². The summed E-state index contributed by atoms with van der Waals surface area (Å²) in [5.41, 5.74) is 10.8. The van der Waals surface area contributed by atoms with Crippen molar-refractivity contribution in [2.45, 2.75) is 0 Å². The molecule has 0 amide bonds. The van der Waals surface area contributed by atoms with Gasteiger partial charge >= 0.3 is 0 Å². The van der Waals surface area contributed by atoms with Gasteiger partial charge in [0.15, 0.2) is 11.5 Å². The topological polar surface area (TPSA) is 53.4 Å². The molecule has 0 radical (unpaired) electrons. The summed E-state index contributed by atoms with van der Waals surface area (Å²) in [7, 11) is 0. The molecule has 54 heavy (non-hydrogen) atoms. The highest BCUT2D eigenvalue weighted by atomic mass is 16.3. The molecule has 12 rings (SSSR count). The van der Waals surface area contributed by atoms with Gasteiger partial charge in [-0.2, -0.15) is 0 Å². The minimum atomic E-state index is 0.576. The standard InChI is InChI=1S/C48H26N4O2/c1-49-29-12-10-11-28(27-29)30-25-26-50-48(52-38-18-7-3-16-36(38)44-40(52)24-22-34-32-14-5-9-20-42(32)54-47(34)44)45(30)51-37-17-6-2-15-35(37)43-39(51)23-21-33-31-13-4-8-19-41(31)53-46(33)43/h2-27H. The van der Waals surface area contributed by atoms with Gasteiger partial charge < -0.3 is 13.4 Å². The Kier molecular flexibility index (Phi) is 5.75. The molecule has 0 bridgehead atoms. The second-order valence-corrected chi connectivity index (χ2v) is 13.8. The zero-order valence-electron chi connectivity index (χ0n) is 28.6. The van der Waals surface area contributed by atoms with Gasteiger partial charge in [-0.3, -0.25) is 4.57 Å². The van der Waals surface area contributed by atoms with Crippen LogP contribution in [0.5, 0.6) is 0 Å². The number of pyridine rings is 1. The van der Waals surface area contributed by atoms with Crippen LogP contribution in [0.25, 0.3) is 115 Å². The van der Waals surface area contributed by atoms with E-state index in [1.54, 1.807) is 0 Å². The number of furan rings is 2. The molecule has 250 valence electrons. The number of hydrogen-bond donors (Lipinski definition) is 0. The molecule has 0 N–H and O–H groups in total. The monoisotopic (exact) mass is 690 g/mol. The van der Waals surface area contributed by atoms with Gasteiger partial charge in [-0.05, 0) is 66.2 Å². The molecule has 6 nitrogen and oxygen atoms in total. The van der Waals surface area contributed by atoms with E-state index in [-0.39, 0.29) is 0 Å². The summed E-state index contributed by atoms with van der Waals surface area (Å²) >= 11 is 0. The summed E-state index contributed by atoms with van der Waals surface area (Å²) in [6, 6.07) is 52.1. The molecule has 0 spiro atoms. The largest absolute Gasteiger partial charge is 0.455 e. The average Bonchev–Trinajstić information content (AvgIpc) is 3.98. The molecule has 5 aromatic heterocycles. The van der Waals surface area contributed by atoms with E-state index in [1.165, 1.54) is 0 Å². The maximum Gasteiger partial charge on any atom is 0.187 e. The molecule has 0 fully saturated rings. The van der Waals surface area contributed by atoms with E-state index >= 15 is 0 Å². The Morgan fingerprint density at radius 1 is 0.481 bits per heavy atom. The lowest BCUT2D eigenvalue weighted by atomic mass is 10.0. The molecular formula is C48H26N4O2. The normalized spacial score (nSPS) is 12.1. The van der Waals surface area contributed by atoms with Crippen LogP contribution in [0.3, 0.4) is 0 Å². The highest BCUT2D eigenvalue weighted by Crippen LogP contribution is 2.46. The van der Waals surface area contributed by atoms with Crippen LogP contribution in [0, 0.1) is 6.57 Å². The highest BCUT2D eigenvalue weighted by molar-refractivity contribution is 6.25. The summed E-state index contributed by atoms with van der Waals surface area (Å²) in [6.45, 7) is 7.86. The lowest BCUT2D eigenvalue weighted by Gasteiger charge is -2.19. The van der Waals surface area contributed by atoms with Crippen molar-refractivity contribution in [1.82, 2.24) is 14.1 Å². The van der Waals surface area contributed by atoms with Crippen LogP contribution < -0.4 is 0 Å². The third-order valence-electron chi connectivity index (χ3n) is 11.0. The van der Waals surface area contributed by atoms with E-state index in [9.17, 15) is 0 Å². The van der Waals surface area contributed by atoms with Crippen molar-refractivity contribution in [3.63, 3.8) is 0 Å². The van der Waals surface area contributed by atoms with E-state index in [2.05, 4.69) is 123 Å². The van der Waals surface area contributed by atoms with Crippen molar-refractivity contribution >= 4 is 93.2 Å². The predicted molar refractivity (Wildman–Crippen MR) is 219 cm³/mol. The summed E-state index contributed by atoms with van der Waals surface area (Å²) in [5, 5.41) is 8.59.